The first kappa shape index (κ1) is 18.8. The zero-order valence-corrected chi connectivity index (χ0v) is 16.8. The van der Waals surface area contributed by atoms with E-state index in [0.717, 1.165) is 28.0 Å². The quantitative estimate of drug-likeness (QED) is 0.349. The molecule has 1 heterocycles. The molecule has 0 aliphatic rings. The van der Waals surface area contributed by atoms with Crippen molar-refractivity contribution in [1.82, 2.24) is 14.9 Å². The predicted molar refractivity (Wildman–Crippen MR) is 118 cm³/mol. The van der Waals surface area contributed by atoms with Crippen molar-refractivity contribution in [3.8, 4) is 17.1 Å². The van der Waals surface area contributed by atoms with Crippen LogP contribution in [0, 0.1) is 11.7 Å². The van der Waals surface area contributed by atoms with Gasteiger partial charge in [0.25, 0.3) is 0 Å². The molecule has 0 radical (unpaired) electrons. The van der Waals surface area contributed by atoms with Crippen molar-refractivity contribution in [2.75, 3.05) is 0 Å². The number of ether oxygens (including phenoxy) is 1. The van der Waals surface area contributed by atoms with Gasteiger partial charge >= 0.3 is 0 Å². The Morgan fingerprint density at radius 1 is 1.03 bits per heavy atom. The number of hydrogen-bond acceptors (Lipinski definition) is 4. The van der Waals surface area contributed by atoms with Gasteiger partial charge in [0.15, 0.2) is 5.82 Å². The van der Waals surface area contributed by atoms with E-state index >= 15 is 0 Å². The second-order valence-corrected chi connectivity index (χ2v) is 6.96. The number of benzene rings is 3. The van der Waals surface area contributed by atoms with E-state index in [1.165, 1.54) is 0 Å². The van der Waals surface area contributed by atoms with Crippen LogP contribution < -0.4 is 4.74 Å². The van der Waals surface area contributed by atoms with Crippen LogP contribution in [0.25, 0.3) is 11.4 Å². The predicted octanol–water partition coefficient (Wildman–Crippen LogP) is 5.38. The Labute approximate surface area is 174 Å². The molecular weight excluding hydrogens is 380 g/mol. The first-order valence-electron chi connectivity index (χ1n) is 9.25. The van der Waals surface area contributed by atoms with Crippen LogP contribution >= 0.6 is 12.2 Å². The maximum Gasteiger partial charge on any atom is 0.216 e. The van der Waals surface area contributed by atoms with Gasteiger partial charge in [0.2, 0.25) is 4.77 Å². The summed E-state index contributed by atoms with van der Waals surface area (Å²) in [4.78, 5) is 0. The molecule has 0 unspecified atom stereocenters. The maximum absolute atomic E-state index is 5.89. The molecule has 1 N–H and O–H groups in total. The van der Waals surface area contributed by atoms with E-state index in [2.05, 4.69) is 15.3 Å². The molecule has 0 atom stereocenters. The normalized spacial score (nSPS) is 11.1. The van der Waals surface area contributed by atoms with Gasteiger partial charge in [-0.3, -0.25) is 0 Å². The Hall–Kier alpha value is -3.51. The number of H-pyrrole nitrogens is 1. The lowest BCUT2D eigenvalue weighted by atomic mass is 10.1. The summed E-state index contributed by atoms with van der Waals surface area (Å²) in [6.07, 6.45) is 1.75. The Kier molecular flexibility index (Phi) is 5.63. The zero-order chi connectivity index (χ0) is 20.1. The summed E-state index contributed by atoms with van der Waals surface area (Å²) in [5.41, 5.74) is 4.12. The molecule has 0 amide bonds. The number of hydrogen-bond donors (Lipinski definition) is 1. The molecule has 29 heavy (non-hydrogen) atoms. The number of nitrogens with zero attached hydrogens (tertiary/aromatic N) is 3. The third kappa shape index (κ3) is 4.50. The van der Waals surface area contributed by atoms with Gasteiger partial charge in [0.1, 0.15) is 12.4 Å². The summed E-state index contributed by atoms with van der Waals surface area (Å²) in [6, 6.07) is 25.9. The lowest BCUT2D eigenvalue weighted by Crippen LogP contribution is -1.97. The van der Waals surface area contributed by atoms with Gasteiger partial charge in [-0.05, 0) is 48.0 Å². The third-order valence-corrected chi connectivity index (χ3v) is 4.73. The maximum atomic E-state index is 5.89. The van der Waals surface area contributed by atoms with Crippen molar-refractivity contribution in [1.29, 1.82) is 0 Å². The lowest BCUT2D eigenvalue weighted by Gasteiger charge is -2.07. The highest BCUT2D eigenvalue weighted by Gasteiger charge is 2.10. The smallest absolute Gasteiger partial charge is 0.216 e. The molecule has 3 aromatic carbocycles. The Morgan fingerprint density at radius 2 is 1.83 bits per heavy atom. The standard InChI is InChI=1S/C23H20N4OS/c1-17-8-5-6-13-21(17)22-25-26-23(29)27(22)24-15-19-11-7-12-20(14-19)28-16-18-9-3-2-4-10-18/h2-15H,16H2,1H3,(H,26,29)/b24-15+. The molecule has 6 heteroatoms. The molecule has 0 spiro atoms. The van der Waals surface area contributed by atoms with E-state index < -0.39 is 0 Å². The van der Waals surface area contributed by atoms with Gasteiger partial charge in [0, 0.05) is 5.56 Å². The Balaban J connectivity index is 1.55. The van der Waals surface area contributed by atoms with Gasteiger partial charge in [-0.15, -0.1) is 0 Å². The van der Waals surface area contributed by atoms with Gasteiger partial charge in [-0.2, -0.15) is 14.9 Å². The molecule has 0 saturated heterocycles. The van der Waals surface area contributed by atoms with E-state index in [1.807, 2.05) is 85.8 Å². The summed E-state index contributed by atoms with van der Waals surface area (Å²) in [6.45, 7) is 2.56. The third-order valence-electron chi connectivity index (χ3n) is 4.47. The summed E-state index contributed by atoms with van der Waals surface area (Å²) < 4.78 is 7.97. The first-order valence-corrected chi connectivity index (χ1v) is 9.66. The Morgan fingerprint density at radius 3 is 2.66 bits per heavy atom. The molecule has 1 aromatic heterocycles. The van der Waals surface area contributed by atoms with Crippen LogP contribution in [0.15, 0.2) is 84.0 Å². The average molecular weight is 401 g/mol. The Bertz CT molecular complexity index is 1190. The summed E-state index contributed by atoms with van der Waals surface area (Å²) in [5, 5.41) is 11.7. The highest BCUT2D eigenvalue weighted by Crippen LogP contribution is 2.21. The van der Waals surface area contributed by atoms with Crippen LogP contribution in [0.4, 0.5) is 0 Å². The second kappa shape index (κ2) is 8.67. The van der Waals surface area contributed by atoms with Crippen molar-refractivity contribution >= 4 is 18.4 Å². The molecule has 4 rings (SSSR count). The van der Waals surface area contributed by atoms with Crippen molar-refractivity contribution in [3.05, 3.63) is 100 Å². The monoisotopic (exact) mass is 400 g/mol. The molecule has 4 aromatic rings. The highest BCUT2D eigenvalue weighted by atomic mass is 32.1. The van der Waals surface area contributed by atoms with Crippen LogP contribution in [0.5, 0.6) is 5.75 Å². The van der Waals surface area contributed by atoms with Crippen molar-refractivity contribution in [2.24, 2.45) is 5.10 Å². The van der Waals surface area contributed by atoms with Crippen LogP contribution in [0.3, 0.4) is 0 Å². The molecule has 0 aliphatic carbocycles. The highest BCUT2D eigenvalue weighted by molar-refractivity contribution is 7.71. The van der Waals surface area contributed by atoms with Crippen LogP contribution in [-0.4, -0.2) is 21.1 Å². The molecule has 0 bridgehead atoms. The molecule has 0 aliphatic heterocycles. The zero-order valence-electron chi connectivity index (χ0n) is 15.9. The van der Waals surface area contributed by atoms with Crippen LogP contribution in [0.1, 0.15) is 16.7 Å². The van der Waals surface area contributed by atoms with Gasteiger partial charge in [0.05, 0.1) is 6.21 Å². The number of aromatic nitrogens is 3. The fraction of sp³-hybridized carbons (Fsp3) is 0.0870. The van der Waals surface area contributed by atoms with E-state index in [4.69, 9.17) is 17.0 Å². The fourth-order valence-electron chi connectivity index (χ4n) is 2.95. The lowest BCUT2D eigenvalue weighted by molar-refractivity contribution is 0.306. The number of aryl methyl sites for hydroxylation is 1. The summed E-state index contributed by atoms with van der Waals surface area (Å²) in [7, 11) is 0. The summed E-state index contributed by atoms with van der Waals surface area (Å²) in [5.74, 6) is 1.47. The molecular formula is C23H20N4OS. The minimum absolute atomic E-state index is 0.441. The fourth-order valence-corrected chi connectivity index (χ4v) is 3.13. The number of rotatable bonds is 6. The molecule has 5 nitrogen and oxygen atoms in total. The topological polar surface area (TPSA) is 55.2 Å². The van der Waals surface area contributed by atoms with Crippen molar-refractivity contribution in [2.45, 2.75) is 13.5 Å². The average Bonchev–Trinajstić information content (AvgIpc) is 3.12. The van der Waals surface area contributed by atoms with Crippen LogP contribution in [-0.2, 0) is 6.61 Å². The second-order valence-electron chi connectivity index (χ2n) is 6.57. The molecule has 0 saturated carbocycles. The minimum Gasteiger partial charge on any atom is -0.489 e. The first-order chi connectivity index (χ1) is 14.2. The van der Waals surface area contributed by atoms with E-state index in [0.29, 0.717) is 17.2 Å². The van der Waals surface area contributed by atoms with Gasteiger partial charge in [-0.25, -0.2) is 5.10 Å². The van der Waals surface area contributed by atoms with Crippen molar-refractivity contribution < 1.29 is 4.74 Å². The van der Waals surface area contributed by atoms with Crippen LogP contribution in [0.2, 0.25) is 0 Å². The molecule has 144 valence electrons. The van der Waals surface area contributed by atoms with E-state index in [9.17, 15) is 0 Å². The van der Waals surface area contributed by atoms with Crippen molar-refractivity contribution in [3.63, 3.8) is 0 Å². The van der Waals surface area contributed by atoms with E-state index in [-0.39, 0.29) is 0 Å². The van der Waals surface area contributed by atoms with E-state index in [1.54, 1.807) is 10.9 Å². The largest absolute Gasteiger partial charge is 0.489 e. The number of aromatic amines is 1. The molecule has 0 fully saturated rings. The SMILES string of the molecule is Cc1ccccc1-c1n[nH]c(=S)n1/N=C/c1cccc(OCc2ccccc2)c1. The number of nitrogens with one attached hydrogen (secondary N) is 1. The minimum atomic E-state index is 0.441. The van der Waals surface area contributed by atoms with Gasteiger partial charge in [-0.1, -0.05) is 66.7 Å². The summed E-state index contributed by atoms with van der Waals surface area (Å²) >= 11 is 5.36. The van der Waals surface area contributed by atoms with Gasteiger partial charge < -0.3 is 4.74 Å².